The minimum absolute atomic E-state index is 0.0609. The molecule has 2 heterocycles. The summed E-state index contributed by atoms with van der Waals surface area (Å²) in [6.07, 6.45) is 0.179. The molecule has 2 N–H and O–H groups in total. The highest BCUT2D eigenvalue weighted by Gasteiger charge is 2.33. The van der Waals surface area contributed by atoms with Crippen LogP contribution < -0.4 is 10.2 Å². The third-order valence-electron chi connectivity index (χ3n) is 5.59. The van der Waals surface area contributed by atoms with Gasteiger partial charge in [0.2, 0.25) is 5.91 Å². The molecule has 2 amide bonds. The summed E-state index contributed by atoms with van der Waals surface area (Å²) in [6, 6.07) is 12.9. The number of Topliss-reactive ketones (excluding diaryl/α,β-unsaturated/α-hetero) is 1. The van der Waals surface area contributed by atoms with Crippen molar-refractivity contribution in [1.82, 2.24) is 10.3 Å². The van der Waals surface area contributed by atoms with Crippen molar-refractivity contribution in [3.05, 3.63) is 64.8 Å². The van der Waals surface area contributed by atoms with Gasteiger partial charge in [-0.15, -0.1) is 0 Å². The molecule has 2 aromatic carbocycles. The van der Waals surface area contributed by atoms with Gasteiger partial charge in [-0.3, -0.25) is 14.4 Å². The maximum atomic E-state index is 12.8. The fraction of sp³-hybridized carbons (Fsp3) is 0.261. The summed E-state index contributed by atoms with van der Waals surface area (Å²) in [4.78, 5) is 42.7. The number of rotatable bonds is 4. The Morgan fingerprint density at radius 1 is 1.07 bits per heavy atom. The van der Waals surface area contributed by atoms with Crippen LogP contribution in [0.5, 0.6) is 0 Å². The van der Waals surface area contributed by atoms with Crippen molar-refractivity contribution in [2.24, 2.45) is 0 Å². The van der Waals surface area contributed by atoms with Crippen LogP contribution in [0.2, 0.25) is 0 Å². The smallest absolute Gasteiger partial charge is 0.292 e. The van der Waals surface area contributed by atoms with Crippen LogP contribution in [0.15, 0.2) is 42.5 Å². The molecule has 1 aliphatic heterocycles. The molecule has 0 unspecified atom stereocenters. The summed E-state index contributed by atoms with van der Waals surface area (Å²) >= 11 is 0. The van der Waals surface area contributed by atoms with Crippen LogP contribution in [0.4, 0.5) is 5.69 Å². The molecule has 148 valence electrons. The topological polar surface area (TPSA) is 82.3 Å². The van der Waals surface area contributed by atoms with E-state index in [4.69, 9.17) is 0 Å². The summed E-state index contributed by atoms with van der Waals surface area (Å²) in [5.41, 5.74) is 4.93. The second-order valence-electron chi connectivity index (χ2n) is 7.65. The molecule has 0 spiro atoms. The van der Waals surface area contributed by atoms with Gasteiger partial charge in [0.1, 0.15) is 0 Å². The van der Waals surface area contributed by atoms with Crippen LogP contribution in [-0.2, 0) is 9.59 Å². The Kier molecular flexibility index (Phi) is 4.70. The van der Waals surface area contributed by atoms with Crippen LogP contribution in [0.25, 0.3) is 10.9 Å². The van der Waals surface area contributed by atoms with E-state index >= 15 is 0 Å². The minimum Gasteiger partial charge on any atom is -0.358 e. The lowest BCUT2D eigenvalue weighted by Gasteiger charge is -2.18. The number of fused-ring (bicyclic) bond motifs is 1. The van der Waals surface area contributed by atoms with E-state index in [2.05, 4.69) is 10.3 Å². The highest BCUT2D eigenvalue weighted by Crippen LogP contribution is 2.25. The Morgan fingerprint density at radius 3 is 2.59 bits per heavy atom. The highest BCUT2D eigenvalue weighted by atomic mass is 16.2. The van der Waals surface area contributed by atoms with E-state index in [1.807, 2.05) is 56.3 Å². The maximum Gasteiger partial charge on any atom is 0.292 e. The van der Waals surface area contributed by atoms with Crippen LogP contribution in [0, 0.1) is 20.8 Å². The molecular weight excluding hydrogens is 366 g/mol. The molecule has 6 heteroatoms. The number of carbonyl (C=O) groups excluding carboxylic acids is 3. The Hall–Kier alpha value is -3.41. The summed E-state index contributed by atoms with van der Waals surface area (Å²) in [5.74, 6) is -1.33. The van der Waals surface area contributed by atoms with E-state index in [9.17, 15) is 14.4 Å². The zero-order chi connectivity index (χ0) is 20.7. The molecular formula is C23H23N3O3. The molecule has 4 rings (SSSR count). The summed E-state index contributed by atoms with van der Waals surface area (Å²) < 4.78 is 0. The van der Waals surface area contributed by atoms with Crippen molar-refractivity contribution >= 4 is 34.2 Å². The largest absolute Gasteiger partial charge is 0.358 e. The SMILES string of the molecule is Cc1ccc(N2C[C@H](NC(=O)C(=O)c3c(C)[nH]c4ccccc34)CC2=O)cc1C. The van der Waals surface area contributed by atoms with Crippen molar-refractivity contribution in [3.63, 3.8) is 0 Å². The van der Waals surface area contributed by atoms with Gasteiger partial charge in [-0.1, -0.05) is 24.3 Å². The van der Waals surface area contributed by atoms with Crippen LogP contribution in [0.1, 0.15) is 33.6 Å². The first kappa shape index (κ1) is 18.9. The number of hydrogen-bond acceptors (Lipinski definition) is 3. The zero-order valence-electron chi connectivity index (χ0n) is 16.7. The van der Waals surface area contributed by atoms with Gasteiger partial charge in [-0.25, -0.2) is 0 Å². The number of H-pyrrole nitrogens is 1. The monoisotopic (exact) mass is 389 g/mol. The van der Waals surface area contributed by atoms with Gasteiger partial charge in [-0.2, -0.15) is 0 Å². The predicted molar refractivity (Wildman–Crippen MR) is 112 cm³/mol. The molecule has 6 nitrogen and oxygen atoms in total. The lowest BCUT2D eigenvalue weighted by molar-refractivity contribution is -0.118. The highest BCUT2D eigenvalue weighted by molar-refractivity contribution is 6.45. The van der Waals surface area contributed by atoms with E-state index in [1.54, 1.807) is 11.8 Å². The number of carbonyl (C=O) groups is 3. The van der Waals surface area contributed by atoms with Crippen molar-refractivity contribution in [2.75, 3.05) is 11.4 Å². The van der Waals surface area contributed by atoms with E-state index in [0.717, 1.165) is 27.7 Å². The summed E-state index contributed by atoms with van der Waals surface area (Å²) in [7, 11) is 0. The molecule has 3 aromatic rings. The number of para-hydroxylation sites is 1. The average Bonchev–Trinajstić information content (AvgIpc) is 3.22. The first-order valence-electron chi connectivity index (χ1n) is 9.65. The second kappa shape index (κ2) is 7.20. The van der Waals surface area contributed by atoms with Gasteiger partial charge >= 0.3 is 0 Å². The van der Waals surface area contributed by atoms with E-state index in [-0.39, 0.29) is 12.3 Å². The number of aryl methyl sites for hydroxylation is 3. The molecule has 1 aliphatic rings. The lowest BCUT2D eigenvalue weighted by atomic mass is 10.1. The van der Waals surface area contributed by atoms with Crippen molar-refractivity contribution in [2.45, 2.75) is 33.2 Å². The Labute approximate surface area is 168 Å². The first-order valence-corrected chi connectivity index (χ1v) is 9.65. The molecule has 1 fully saturated rings. The molecule has 1 atom stereocenters. The van der Waals surface area contributed by atoms with Crippen molar-refractivity contribution in [1.29, 1.82) is 0 Å². The van der Waals surface area contributed by atoms with E-state index < -0.39 is 17.7 Å². The number of anilines is 1. The Morgan fingerprint density at radius 2 is 1.83 bits per heavy atom. The van der Waals surface area contributed by atoms with Gasteiger partial charge < -0.3 is 15.2 Å². The quantitative estimate of drug-likeness (QED) is 0.531. The predicted octanol–water partition coefficient (Wildman–Crippen LogP) is 3.20. The fourth-order valence-corrected chi connectivity index (χ4v) is 3.88. The Balaban J connectivity index is 1.50. The van der Waals surface area contributed by atoms with Crippen LogP contribution in [-0.4, -0.2) is 35.2 Å². The molecule has 29 heavy (non-hydrogen) atoms. The normalized spacial score (nSPS) is 16.4. The number of nitrogens with one attached hydrogen (secondary N) is 2. The number of benzene rings is 2. The second-order valence-corrected chi connectivity index (χ2v) is 7.65. The zero-order valence-corrected chi connectivity index (χ0v) is 16.7. The lowest BCUT2D eigenvalue weighted by Crippen LogP contribution is -2.41. The third-order valence-corrected chi connectivity index (χ3v) is 5.59. The number of amides is 2. The van der Waals surface area contributed by atoms with Crippen molar-refractivity contribution in [3.8, 4) is 0 Å². The van der Waals surface area contributed by atoms with E-state index in [0.29, 0.717) is 17.8 Å². The van der Waals surface area contributed by atoms with Gasteiger partial charge in [-0.05, 0) is 50.1 Å². The molecule has 1 saturated heterocycles. The standard InChI is InChI=1S/C23H23N3O3/c1-13-8-9-17(10-14(13)2)26-12-16(11-20(26)27)25-23(29)22(28)21-15(3)24-19-7-5-4-6-18(19)21/h4-10,16,24H,11-12H2,1-3H3,(H,25,29)/t16-/m1/s1. The summed E-state index contributed by atoms with van der Waals surface area (Å²) in [5, 5.41) is 3.48. The molecule has 0 radical (unpaired) electrons. The number of hydrogen-bond donors (Lipinski definition) is 2. The average molecular weight is 389 g/mol. The number of nitrogens with zero attached hydrogens (tertiary/aromatic N) is 1. The minimum atomic E-state index is -0.683. The number of aromatic amines is 1. The van der Waals surface area contributed by atoms with Gasteiger partial charge in [0.15, 0.2) is 0 Å². The van der Waals surface area contributed by atoms with E-state index in [1.165, 1.54) is 0 Å². The van der Waals surface area contributed by atoms with Gasteiger partial charge in [0, 0.05) is 35.2 Å². The molecule has 0 aliphatic carbocycles. The van der Waals surface area contributed by atoms with Crippen LogP contribution >= 0.6 is 0 Å². The third kappa shape index (κ3) is 3.42. The fourth-order valence-electron chi connectivity index (χ4n) is 3.88. The van der Waals surface area contributed by atoms with Gasteiger partial charge in [0.25, 0.3) is 11.7 Å². The Bertz CT molecular complexity index is 1150. The van der Waals surface area contributed by atoms with Gasteiger partial charge in [0.05, 0.1) is 11.6 Å². The molecule has 0 saturated carbocycles. The number of aromatic nitrogens is 1. The van der Waals surface area contributed by atoms with Crippen LogP contribution in [0.3, 0.4) is 0 Å². The molecule has 0 bridgehead atoms. The first-order chi connectivity index (χ1) is 13.8. The maximum absolute atomic E-state index is 12.8. The molecule has 1 aromatic heterocycles. The summed E-state index contributed by atoms with van der Waals surface area (Å²) in [6.45, 7) is 6.15. The number of ketones is 1. The van der Waals surface area contributed by atoms with Crippen molar-refractivity contribution < 1.29 is 14.4 Å².